The van der Waals surface area contributed by atoms with E-state index in [1.54, 1.807) is 36.2 Å². The van der Waals surface area contributed by atoms with Gasteiger partial charge in [-0.3, -0.25) is 9.69 Å². The number of benzene rings is 1. The topological polar surface area (TPSA) is 76.4 Å². The molecule has 2 saturated heterocycles. The molecule has 2 fully saturated rings. The van der Waals surface area contributed by atoms with E-state index < -0.39 is 5.54 Å². The SMILES string of the molecule is CN1C(=O)N(Cc2ccc(C#N)cc2)C(=O)C12CCNCC2. The van der Waals surface area contributed by atoms with Crippen molar-refractivity contribution in [2.24, 2.45) is 0 Å². The summed E-state index contributed by atoms with van der Waals surface area (Å²) in [6.45, 7) is 1.74. The molecule has 0 saturated carbocycles. The van der Waals surface area contributed by atoms with Crippen molar-refractivity contribution in [3.8, 4) is 6.07 Å². The lowest BCUT2D eigenvalue weighted by atomic mass is 9.87. The lowest BCUT2D eigenvalue weighted by Gasteiger charge is -2.36. The van der Waals surface area contributed by atoms with Crippen molar-refractivity contribution in [1.82, 2.24) is 15.1 Å². The van der Waals surface area contributed by atoms with E-state index in [-0.39, 0.29) is 18.5 Å². The van der Waals surface area contributed by atoms with Gasteiger partial charge >= 0.3 is 6.03 Å². The molecule has 0 unspecified atom stereocenters. The van der Waals surface area contributed by atoms with Crippen LogP contribution in [-0.4, -0.2) is 47.4 Å². The molecule has 0 aliphatic carbocycles. The van der Waals surface area contributed by atoms with E-state index in [9.17, 15) is 9.59 Å². The number of piperidine rings is 1. The van der Waals surface area contributed by atoms with Crippen LogP contribution in [0.1, 0.15) is 24.0 Å². The third-order valence-corrected chi connectivity index (χ3v) is 4.66. The Kier molecular flexibility index (Phi) is 3.59. The zero-order valence-electron chi connectivity index (χ0n) is 12.5. The van der Waals surface area contributed by atoms with E-state index in [0.29, 0.717) is 18.4 Å². The predicted molar refractivity (Wildman–Crippen MR) is 79.7 cm³/mol. The van der Waals surface area contributed by atoms with E-state index in [0.717, 1.165) is 18.7 Å². The van der Waals surface area contributed by atoms with Gasteiger partial charge in [0.05, 0.1) is 18.2 Å². The minimum absolute atomic E-state index is 0.106. The summed E-state index contributed by atoms with van der Waals surface area (Å²) in [6, 6.07) is 8.78. The van der Waals surface area contributed by atoms with Gasteiger partial charge in [-0.1, -0.05) is 12.1 Å². The van der Waals surface area contributed by atoms with Crippen molar-refractivity contribution in [3.63, 3.8) is 0 Å². The van der Waals surface area contributed by atoms with Crippen LogP contribution in [0.5, 0.6) is 0 Å². The van der Waals surface area contributed by atoms with Crippen LogP contribution in [0, 0.1) is 11.3 Å². The van der Waals surface area contributed by atoms with Crippen LogP contribution in [0.2, 0.25) is 0 Å². The number of nitriles is 1. The summed E-state index contributed by atoms with van der Waals surface area (Å²) in [4.78, 5) is 28.2. The first-order chi connectivity index (χ1) is 10.6. The molecule has 22 heavy (non-hydrogen) atoms. The fraction of sp³-hybridized carbons (Fsp3) is 0.438. The van der Waals surface area contributed by atoms with E-state index in [4.69, 9.17) is 5.26 Å². The zero-order chi connectivity index (χ0) is 15.7. The Hall–Kier alpha value is -2.39. The quantitative estimate of drug-likeness (QED) is 0.829. The second kappa shape index (κ2) is 5.43. The molecule has 114 valence electrons. The number of carbonyl (C=O) groups excluding carboxylic acids is 2. The number of nitrogens with zero attached hydrogens (tertiary/aromatic N) is 3. The minimum Gasteiger partial charge on any atom is -0.317 e. The molecule has 3 amide bonds. The molecular weight excluding hydrogens is 280 g/mol. The van der Waals surface area contributed by atoms with Crippen LogP contribution in [0.25, 0.3) is 0 Å². The highest BCUT2D eigenvalue weighted by atomic mass is 16.2. The van der Waals surface area contributed by atoms with Crippen molar-refractivity contribution in [3.05, 3.63) is 35.4 Å². The molecule has 1 spiro atoms. The first kappa shape index (κ1) is 14.5. The molecular formula is C16H18N4O2. The molecule has 2 heterocycles. The van der Waals surface area contributed by atoms with E-state index in [1.165, 1.54) is 4.90 Å². The Labute approximate surface area is 129 Å². The number of hydrogen-bond donors (Lipinski definition) is 1. The van der Waals surface area contributed by atoms with Gasteiger partial charge in [0.25, 0.3) is 5.91 Å². The maximum absolute atomic E-state index is 12.8. The normalized spacial score (nSPS) is 20.5. The number of urea groups is 1. The zero-order valence-corrected chi connectivity index (χ0v) is 12.5. The number of nitrogens with one attached hydrogen (secondary N) is 1. The minimum atomic E-state index is -0.686. The Morgan fingerprint density at radius 2 is 1.86 bits per heavy atom. The van der Waals surface area contributed by atoms with Crippen LogP contribution >= 0.6 is 0 Å². The van der Waals surface area contributed by atoms with Gasteiger partial charge in [0.1, 0.15) is 5.54 Å². The standard InChI is InChI=1S/C16H18N4O2/c1-19-15(22)20(11-13-4-2-12(10-17)3-5-13)14(21)16(19)6-8-18-9-7-16/h2-5,18H,6-9,11H2,1H3. The molecule has 0 atom stereocenters. The van der Waals surface area contributed by atoms with Crippen LogP contribution in [0.3, 0.4) is 0 Å². The van der Waals surface area contributed by atoms with Gasteiger partial charge in [0.15, 0.2) is 0 Å². The number of rotatable bonds is 2. The molecule has 6 nitrogen and oxygen atoms in total. The van der Waals surface area contributed by atoms with Crippen LogP contribution in [0.15, 0.2) is 24.3 Å². The van der Waals surface area contributed by atoms with Crippen LogP contribution in [-0.2, 0) is 11.3 Å². The molecule has 0 bridgehead atoms. The highest BCUT2D eigenvalue weighted by Crippen LogP contribution is 2.35. The summed E-state index contributed by atoms with van der Waals surface area (Å²) in [5.74, 6) is -0.106. The molecule has 0 aromatic heterocycles. The molecule has 3 rings (SSSR count). The van der Waals surface area contributed by atoms with Crippen molar-refractivity contribution in [2.75, 3.05) is 20.1 Å². The molecule has 2 aliphatic rings. The summed E-state index contributed by atoms with van der Waals surface area (Å²) in [5, 5.41) is 12.0. The van der Waals surface area contributed by atoms with Gasteiger partial charge < -0.3 is 10.2 Å². The number of imide groups is 1. The lowest BCUT2D eigenvalue weighted by molar-refractivity contribution is -0.134. The first-order valence-corrected chi connectivity index (χ1v) is 7.38. The van der Waals surface area contributed by atoms with Crippen LogP contribution < -0.4 is 5.32 Å². The first-order valence-electron chi connectivity index (χ1n) is 7.38. The predicted octanol–water partition coefficient (Wildman–Crippen LogP) is 1.07. The molecule has 1 aromatic rings. The van der Waals surface area contributed by atoms with Gasteiger partial charge in [-0.05, 0) is 43.6 Å². The second-order valence-electron chi connectivity index (χ2n) is 5.82. The number of amides is 3. The third-order valence-electron chi connectivity index (χ3n) is 4.66. The van der Waals surface area contributed by atoms with Gasteiger partial charge in [-0.2, -0.15) is 5.26 Å². The Bertz CT molecular complexity index is 641. The smallest absolute Gasteiger partial charge is 0.317 e. The van der Waals surface area contributed by atoms with Gasteiger partial charge in [0.2, 0.25) is 0 Å². The monoisotopic (exact) mass is 298 g/mol. The molecule has 6 heteroatoms. The fourth-order valence-electron chi connectivity index (χ4n) is 3.24. The van der Waals surface area contributed by atoms with Crippen molar-refractivity contribution >= 4 is 11.9 Å². The van der Waals surface area contributed by atoms with Gasteiger partial charge in [-0.15, -0.1) is 0 Å². The average molecular weight is 298 g/mol. The molecule has 1 N–H and O–H groups in total. The molecule has 2 aliphatic heterocycles. The largest absolute Gasteiger partial charge is 0.327 e. The van der Waals surface area contributed by atoms with E-state index in [2.05, 4.69) is 11.4 Å². The Morgan fingerprint density at radius 1 is 1.23 bits per heavy atom. The second-order valence-corrected chi connectivity index (χ2v) is 5.82. The van der Waals surface area contributed by atoms with Crippen molar-refractivity contribution in [2.45, 2.75) is 24.9 Å². The lowest BCUT2D eigenvalue weighted by Crippen LogP contribution is -2.54. The van der Waals surface area contributed by atoms with E-state index >= 15 is 0 Å². The Balaban J connectivity index is 1.83. The maximum atomic E-state index is 12.8. The van der Waals surface area contributed by atoms with Gasteiger partial charge in [-0.25, -0.2) is 4.79 Å². The number of likely N-dealkylation sites (N-methyl/N-ethyl adjacent to an activating group) is 1. The van der Waals surface area contributed by atoms with Crippen molar-refractivity contribution < 1.29 is 9.59 Å². The van der Waals surface area contributed by atoms with Gasteiger partial charge in [0, 0.05) is 7.05 Å². The Morgan fingerprint density at radius 3 is 2.45 bits per heavy atom. The maximum Gasteiger partial charge on any atom is 0.327 e. The van der Waals surface area contributed by atoms with E-state index in [1.807, 2.05) is 0 Å². The fourth-order valence-corrected chi connectivity index (χ4v) is 3.24. The molecule has 1 aromatic carbocycles. The summed E-state index contributed by atoms with van der Waals surface area (Å²) in [5.41, 5.74) is 0.726. The third kappa shape index (κ3) is 2.14. The van der Waals surface area contributed by atoms with Crippen LogP contribution in [0.4, 0.5) is 4.79 Å². The van der Waals surface area contributed by atoms with Crippen molar-refractivity contribution in [1.29, 1.82) is 5.26 Å². The summed E-state index contributed by atoms with van der Waals surface area (Å²) in [6.07, 6.45) is 1.30. The summed E-state index contributed by atoms with van der Waals surface area (Å²) >= 11 is 0. The summed E-state index contributed by atoms with van der Waals surface area (Å²) in [7, 11) is 1.71. The highest BCUT2D eigenvalue weighted by Gasteiger charge is 2.55. The number of carbonyl (C=O) groups is 2. The highest BCUT2D eigenvalue weighted by molar-refractivity contribution is 6.06. The number of hydrogen-bond acceptors (Lipinski definition) is 4. The molecule has 0 radical (unpaired) electrons. The summed E-state index contributed by atoms with van der Waals surface area (Å²) < 4.78 is 0. The average Bonchev–Trinajstić information content (AvgIpc) is 2.73.